The molecular weight excluding hydrogens is 336 g/mol. The van der Waals surface area contributed by atoms with Crippen LogP contribution < -0.4 is 0 Å². The summed E-state index contributed by atoms with van der Waals surface area (Å²) < 4.78 is 0. The molecule has 6 heteroatoms. The number of carboxylic acids is 1. The lowest BCUT2D eigenvalue weighted by Crippen LogP contribution is -2.42. The van der Waals surface area contributed by atoms with Gasteiger partial charge in [0, 0.05) is 49.4 Å². The van der Waals surface area contributed by atoms with Crippen LogP contribution in [0, 0.1) is 24.2 Å². The number of nitrogens with zero attached hydrogens (tertiary/aromatic N) is 2. The number of hydrogen-bond acceptors (Lipinski definition) is 4. The molecule has 3 heterocycles. The van der Waals surface area contributed by atoms with Crippen molar-refractivity contribution in [1.82, 2.24) is 9.80 Å². The van der Waals surface area contributed by atoms with Crippen LogP contribution in [0.15, 0.2) is 11.4 Å². The molecule has 0 radical (unpaired) electrons. The van der Waals surface area contributed by atoms with E-state index < -0.39 is 11.4 Å². The molecule has 3 fully saturated rings. The normalized spacial score (nSPS) is 30.1. The maximum Gasteiger partial charge on any atom is 0.313 e. The molecule has 1 amide bonds. The number of fused-ring (bicyclic) bond motifs is 1. The highest BCUT2D eigenvalue weighted by molar-refractivity contribution is 7.10. The van der Waals surface area contributed by atoms with Crippen molar-refractivity contribution in [3.8, 4) is 0 Å². The summed E-state index contributed by atoms with van der Waals surface area (Å²) in [5.41, 5.74) is 0.504. The quantitative estimate of drug-likeness (QED) is 0.894. The lowest BCUT2D eigenvalue weighted by Gasteiger charge is -2.26. The van der Waals surface area contributed by atoms with Crippen molar-refractivity contribution in [3.63, 3.8) is 0 Å². The van der Waals surface area contributed by atoms with E-state index >= 15 is 0 Å². The molecular formula is C19H26N2O3S. The van der Waals surface area contributed by atoms with Gasteiger partial charge in [0.05, 0.1) is 0 Å². The first-order chi connectivity index (χ1) is 12.0. The van der Waals surface area contributed by atoms with E-state index in [1.54, 1.807) is 11.3 Å². The fraction of sp³-hybridized carbons (Fsp3) is 0.684. The Kier molecular flexibility index (Phi) is 4.36. The summed E-state index contributed by atoms with van der Waals surface area (Å²) in [6.07, 6.45) is 4.21. The first kappa shape index (κ1) is 17.0. The molecule has 3 aliphatic rings. The molecule has 2 atom stereocenters. The van der Waals surface area contributed by atoms with Crippen LogP contribution in [0.3, 0.4) is 0 Å². The number of amides is 1. The average molecular weight is 362 g/mol. The van der Waals surface area contributed by atoms with E-state index in [0.717, 1.165) is 38.8 Å². The van der Waals surface area contributed by atoms with Gasteiger partial charge in [0.15, 0.2) is 0 Å². The van der Waals surface area contributed by atoms with E-state index in [-0.39, 0.29) is 17.7 Å². The molecule has 0 unspecified atom stereocenters. The third kappa shape index (κ3) is 2.89. The number of likely N-dealkylation sites (tertiary alicyclic amines) is 2. The van der Waals surface area contributed by atoms with Gasteiger partial charge in [0.2, 0.25) is 5.91 Å². The zero-order valence-electron chi connectivity index (χ0n) is 14.7. The molecule has 0 spiro atoms. The van der Waals surface area contributed by atoms with Gasteiger partial charge in [-0.3, -0.25) is 14.5 Å². The maximum atomic E-state index is 12.7. The Bertz CT molecular complexity index is 682. The molecule has 136 valence electrons. The second-order valence-electron chi connectivity index (χ2n) is 8.05. The Morgan fingerprint density at radius 2 is 2.04 bits per heavy atom. The summed E-state index contributed by atoms with van der Waals surface area (Å²) in [5.74, 6) is -0.344. The van der Waals surface area contributed by atoms with Gasteiger partial charge < -0.3 is 10.0 Å². The minimum Gasteiger partial charge on any atom is -0.481 e. The molecule has 0 aromatic carbocycles. The second-order valence-corrected chi connectivity index (χ2v) is 9.06. The molecule has 2 aliphatic heterocycles. The Morgan fingerprint density at radius 3 is 2.64 bits per heavy atom. The van der Waals surface area contributed by atoms with Crippen molar-refractivity contribution in [2.45, 2.75) is 39.2 Å². The number of thiophene rings is 1. The average Bonchev–Trinajstić information content (AvgIpc) is 3.31. The van der Waals surface area contributed by atoms with Crippen molar-refractivity contribution in [3.05, 3.63) is 21.9 Å². The second kappa shape index (κ2) is 6.40. The lowest BCUT2D eigenvalue weighted by atomic mass is 9.81. The number of carboxylic acid groups (broad SMARTS) is 1. The molecule has 5 nitrogen and oxygen atoms in total. The Hall–Kier alpha value is -1.40. The topological polar surface area (TPSA) is 60.9 Å². The Labute approximate surface area is 152 Å². The Morgan fingerprint density at radius 1 is 1.28 bits per heavy atom. The predicted molar refractivity (Wildman–Crippen MR) is 96.4 cm³/mol. The molecule has 2 saturated heterocycles. The summed E-state index contributed by atoms with van der Waals surface area (Å²) in [5, 5.41) is 12.1. The first-order valence-electron chi connectivity index (χ1n) is 9.27. The van der Waals surface area contributed by atoms with Crippen molar-refractivity contribution in [2.24, 2.45) is 17.3 Å². The summed E-state index contributed by atoms with van der Waals surface area (Å²) in [4.78, 5) is 30.3. The van der Waals surface area contributed by atoms with E-state index in [4.69, 9.17) is 0 Å². The SMILES string of the molecule is Cc1ccsc1CN1C[C@H]2CN(C(=O)C3CCCC3)C[C@@]2(C(=O)O)C1. The van der Waals surface area contributed by atoms with Crippen LogP contribution >= 0.6 is 11.3 Å². The van der Waals surface area contributed by atoms with Crippen LogP contribution in [0.4, 0.5) is 0 Å². The van der Waals surface area contributed by atoms with Crippen LogP contribution in [0.5, 0.6) is 0 Å². The van der Waals surface area contributed by atoms with Gasteiger partial charge in [-0.2, -0.15) is 0 Å². The summed E-state index contributed by atoms with van der Waals surface area (Å²) in [6, 6.07) is 2.12. The van der Waals surface area contributed by atoms with E-state index in [1.807, 2.05) is 4.90 Å². The molecule has 1 aromatic rings. The lowest BCUT2D eigenvalue weighted by molar-refractivity contribution is -0.149. The van der Waals surface area contributed by atoms with Crippen LogP contribution in [-0.2, 0) is 16.1 Å². The largest absolute Gasteiger partial charge is 0.481 e. The number of carbonyl (C=O) groups is 2. The maximum absolute atomic E-state index is 12.7. The fourth-order valence-corrected chi connectivity index (χ4v) is 5.91. The zero-order chi connectivity index (χ0) is 17.6. The number of rotatable bonds is 4. The standard InChI is InChI=1S/C19H26N2O3S/c1-13-6-7-25-16(13)10-20-8-15-9-21(12-19(15,11-20)18(23)24)17(22)14-4-2-3-5-14/h6-7,14-15H,2-5,8-12H2,1H3,(H,23,24)/t15-,19-/m0/s1. The van der Waals surface area contributed by atoms with Crippen LogP contribution in [0.1, 0.15) is 36.1 Å². The minimum atomic E-state index is -0.778. The molecule has 1 N–H and O–H groups in total. The van der Waals surface area contributed by atoms with Gasteiger partial charge in [0.25, 0.3) is 0 Å². The van der Waals surface area contributed by atoms with Gasteiger partial charge in [-0.05, 0) is 36.8 Å². The van der Waals surface area contributed by atoms with Gasteiger partial charge in [-0.25, -0.2) is 0 Å². The van der Waals surface area contributed by atoms with Crippen LogP contribution in [0.2, 0.25) is 0 Å². The summed E-state index contributed by atoms with van der Waals surface area (Å²) in [7, 11) is 0. The number of carbonyl (C=O) groups excluding carboxylic acids is 1. The van der Waals surface area contributed by atoms with Crippen molar-refractivity contribution >= 4 is 23.2 Å². The monoisotopic (exact) mass is 362 g/mol. The van der Waals surface area contributed by atoms with Crippen LogP contribution in [0.25, 0.3) is 0 Å². The molecule has 1 saturated carbocycles. The molecule has 0 bridgehead atoms. The van der Waals surface area contributed by atoms with E-state index in [1.165, 1.54) is 10.4 Å². The summed E-state index contributed by atoms with van der Waals surface area (Å²) in [6.45, 7) is 5.27. The predicted octanol–water partition coefficient (Wildman–Crippen LogP) is 2.59. The molecule has 1 aliphatic carbocycles. The third-order valence-electron chi connectivity index (χ3n) is 6.46. The van der Waals surface area contributed by atoms with Crippen LogP contribution in [-0.4, -0.2) is 53.0 Å². The number of aliphatic carboxylic acids is 1. The van der Waals surface area contributed by atoms with Crippen molar-refractivity contribution in [1.29, 1.82) is 0 Å². The first-order valence-corrected chi connectivity index (χ1v) is 10.1. The van der Waals surface area contributed by atoms with Crippen molar-refractivity contribution < 1.29 is 14.7 Å². The Balaban J connectivity index is 1.47. The highest BCUT2D eigenvalue weighted by atomic mass is 32.1. The smallest absolute Gasteiger partial charge is 0.313 e. The summed E-state index contributed by atoms with van der Waals surface area (Å²) >= 11 is 1.74. The van der Waals surface area contributed by atoms with Gasteiger partial charge in [-0.1, -0.05) is 12.8 Å². The third-order valence-corrected chi connectivity index (χ3v) is 7.46. The van der Waals surface area contributed by atoms with Gasteiger partial charge >= 0.3 is 5.97 Å². The highest BCUT2D eigenvalue weighted by Crippen LogP contribution is 2.44. The van der Waals surface area contributed by atoms with Gasteiger partial charge in [-0.15, -0.1) is 11.3 Å². The molecule has 4 rings (SSSR count). The molecule has 25 heavy (non-hydrogen) atoms. The zero-order valence-corrected chi connectivity index (χ0v) is 15.6. The van der Waals surface area contributed by atoms with Crippen molar-refractivity contribution in [2.75, 3.05) is 26.2 Å². The van der Waals surface area contributed by atoms with E-state index in [2.05, 4.69) is 23.3 Å². The number of hydrogen-bond donors (Lipinski definition) is 1. The van der Waals surface area contributed by atoms with E-state index in [9.17, 15) is 14.7 Å². The van der Waals surface area contributed by atoms with Gasteiger partial charge in [0.1, 0.15) is 5.41 Å². The highest BCUT2D eigenvalue weighted by Gasteiger charge is 2.58. The minimum absolute atomic E-state index is 0.0515. The fourth-order valence-electron chi connectivity index (χ4n) is 4.96. The molecule has 1 aromatic heterocycles. The number of aryl methyl sites for hydroxylation is 1. The van der Waals surface area contributed by atoms with E-state index in [0.29, 0.717) is 19.6 Å².